The highest BCUT2D eigenvalue weighted by Crippen LogP contribution is 2.05. The summed E-state index contributed by atoms with van der Waals surface area (Å²) in [6.45, 7) is 0. The van der Waals surface area contributed by atoms with E-state index in [1.54, 1.807) is 12.1 Å². The molecule has 0 aliphatic carbocycles. The van der Waals surface area contributed by atoms with Gasteiger partial charge in [0.05, 0.1) is 0 Å². The van der Waals surface area contributed by atoms with Crippen molar-refractivity contribution in [2.75, 3.05) is 0 Å². The average Bonchev–Trinajstić information content (AvgIpc) is 1.64. The van der Waals surface area contributed by atoms with Crippen molar-refractivity contribution in [2.45, 2.75) is 4.90 Å². The minimum absolute atomic E-state index is 0. The fourth-order valence-electron chi connectivity index (χ4n) is 0.476. The first-order chi connectivity index (χ1) is 3.79. The summed E-state index contributed by atoms with van der Waals surface area (Å²) >= 11 is 3.91. The standard InChI is InChI=1S/C6H5FS.ClH/c7-5-2-1-3-6(8)4-5;/h1-4,8H;1H. The van der Waals surface area contributed by atoms with Crippen molar-refractivity contribution in [1.82, 2.24) is 0 Å². The highest BCUT2D eigenvalue weighted by atomic mass is 35.5. The molecule has 0 fully saturated rings. The molecule has 1 rings (SSSR count). The second kappa shape index (κ2) is 3.75. The van der Waals surface area contributed by atoms with Crippen LogP contribution in [0.1, 0.15) is 0 Å². The molecular weight excluding hydrogens is 159 g/mol. The van der Waals surface area contributed by atoms with E-state index >= 15 is 0 Å². The van der Waals surface area contributed by atoms with Crippen molar-refractivity contribution >= 4 is 25.0 Å². The number of hydrogen-bond donors (Lipinski definition) is 1. The van der Waals surface area contributed by atoms with Crippen molar-refractivity contribution < 1.29 is 4.39 Å². The van der Waals surface area contributed by atoms with E-state index in [1.807, 2.05) is 0 Å². The van der Waals surface area contributed by atoms with E-state index in [4.69, 9.17) is 0 Å². The van der Waals surface area contributed by atoms with E-state index in [0.29, 0.717) is 4.90 Å². The van der Waals surface area contributed by atoms with Gasteiger partial charge >= 0.3 is 0 Å². The second-order valence-corrected chi connectivity index (χ2v) is 2.00. The highest BCUT2D eigenvalue weighted by Gasteiger charge is 1.85. The number of rotatable bonds is 0. The Balaban J connectivity index is 0.000000640. The summed E-state index contributed by atoms with van der Waals surface area (Å²) in [6, 6.07) is 6.10. The van der Waals surface area contributed by atoms with Crippen LogP contribution >= 0.6 is 25.0 Å². The van der Waals surface area contributed by atoms with E-state index in [9.17, 15) is 4.39 Å². The molecule has 0 radical (unpaired) electrons. The molecule has 0 aliphatic rings. The molecule has 0 bridgehead atoms. The Hall–Kier alpha value is -0.210. The Morgan fingerprint density at radius 3 is 2.33 bits per heavy atom. The Bertz CT molecular complexity index is 173. The predicted octanol–water partition coefficient (Wildman–Crippen LogP) is 2.54. The topological polar surface area (TPSA) is 0 Å². The van der Waals surface area contributed by atoms with Gasteiger partial charge in [-0.1, -0.05) is 6.07 Å². The predicted molar refractivity (Wildman–Crippen MR) is 40.9 cm³/mol. The van der Waals surface area contributed by atoms with Gasteiger partial charge in [0.2, 0.25) is 0 Å². The summed E-state index contributed by atoms with van der Waals surface area (Å²) in [5.74, 6) is -0.238. The van der Waals surface area contributed by atoms with Gasteiger partial charge in [-0.05, 0) is 18.2 Å². The summed E-state index contributed by atoms with van der Waals surface area (Å²) in [6.07, 6.45) is 0. The van der Waals surface area contributed by atoms with Crippen LogP contribution in [0.15, 0.2) is 29.2 Å². The molecule has 0 nitrogen and oxygen atoms in total. The van der Waals surface area contributed by atoms with E-state index in [0.717, 1.165) is 0 Å². The molecule has 0 unspecified atom stereocenters. The molecule has 0 atom stereocenters. The Kier molecular flexibility index (Phi) is 3.66. The third-order valence-electron chi connectivity index (χ3n) is 0.808. The zero-order valence-corrected chi connectivity index (χ0v) is 6.25. The van der Waals surface area contributed by atoms with E-state index < -0.39 is 0 Å². The molecule has 50 valence electrons. The number of benzene rings is 1. The number of hydrogen-bond acceptors (Lipinski definition) is 1. The molecule has 1 aromatic rings. The van der Waals surface area contributed by atoms with Gasteiger partial charge in [-0.2, -0.15) is 0 Å². The summed E-state index contributed by atoms with van der Waals surface area (Å²) in [4.78, 5) is 0.657. The largest absolute Gasteiger partial charge is 0.207 e. The minimum Gasteiger partial charge on any atom is -0.207 e. The van der Waals surface area contributed by atoms with Crippen LogP contribution in [0.2, 0.25) is 0 Å². The van der Waals surface area contributed by atoms with E-state index in [-0.39, 0.29) is 18.2 Å². The van der Waals surface area contributed by atoms with E-state index in [1.165, 1.54) is 12.1 Å². The smallest absolute Gasteiger partial charge is 0.124 e. The van der Waals surface area contributed by atoms with Crippen molar-refractivity contribution in [3.05, 3.63) is 30.1 Å². The van der Waals surface area contributed by atoms with Crippen LogP contribution in [0.25, 0.3) is 0 Å². The molecule has 0 aliphatic heterocycles. The van der Waals surface area contributed by atoms with Gasteiger partial charge in [0.15, 0.2) is 0 Å². The van der Waals surface area contributed by atoms with Gasteiger partial charge in [0, 0.05) is 4.90 Å². The lowest BCUT2D eigenvalue weighted by Crippen LogP contribution is -1.69. The van der Waals surface area contributed by atoms with Gasteiger partial charge in [-0.15, -0.1) is 25.0 Å². The van der Waals surface area contributed by atoms with Crippen molar-refractivity contribution in [3.63, 3.8) is 0 Å². The van der Waals surface area contributed by atoms with Crippen LogP contribution in [0.5, 0.6) is 0 Å². The summed E-state index contributed by atoms with van der Waals surface area (Å²) in [7, 11) is 0. The van der Waals surface area contributed by atoms with Gasteiger partial charge in [-0.25, -0.2) is 4.39 Å². The fourth-order valence-corrected chi connectivity index (χ4v) is 0.686. The molecule has 1 aromatic carbocycles. The van der Waals surface area contributed by atoms with Crippen molar-refractivity contribution in [1.29, 1.82) is 0 Å². The zero-order valence-electron chi connectivity index (χ0n) is 4.54. The molecule has 0 N–H and O–H groups in total. The quantitative estimate of drug-likeness (QED) is 0.560. The first-order valence-electron chi connectivity index (χ1n) is 2.23. The maximum absolute atomic E-state index is 12.1. The molecule has 9 heavy (non-hydrogen) atoms. The van der Waals surface area contributed by atoms with Crippen LogP contribution in [-0.2, 0) is 0 Å². The second-order valence-electron chi connectivity index (χ2n) is 1.48. The summed E-state index contributed by atoms with van der Waals surface area (Å²) < 4.78 is 12.1. The van der Waals surface area contributed by atoms with Crippen LogP contribution < -0.4 is 0 Å². The molecule has 0 heterocycles. The minimum atomic E-state index is -0.238. The first-order valence-corrected chi connectivity index (χ1v) is 2.68. The van der Waals surface area contributed by atoms with Gasteiger partial charge < -0.3 is 0 Å². The monoisotopic (exact) mass is 164 g/mol. The Morgan fingerprint density at radius 2 is 2.00 bits per heavy atom. The fraction of sp³-hybridized carbons (Fsp3) is 0. The number of halogens is 2. The highest BCUT2D eigenvalue weighted by molar-refractivity contribution is 7.80. The summed E-state index contributed by atoms with van der Waals surface area (Å²) in [5, 5.41) is 0. The van der Waals surface area contributed by atoms with Gasteiger partial charge in [0.25, 0.3) is 0 Å². The molecule has 3 heteroatoms. The first kappa shape index (κ1) is 8.79. The van der Waals surface area contributed by atoms with Crippen molar-refractivity contribution in [3.8, 4) is 0 Å². The average molecular weight is 165 g/mol. The van der Waals surface area contributed by atoms with Crippen LogP contribution in [0.3, 0.4) is 0 Å². The third kappa shape index (κ3) is 2.72. The van der Waals surface area contributed by atoms with E-state index in [2.05, 4.69) is 12.6 Å². The van der Waals surface area contributed by atoms with Crippen LogP contribution in [-0.4, -0.2) is 0 Å². The van der Waals surface area contributed by atoms with Crippen LogP contribution in [0, 0.1) is 5.82 Å². The SMILES string of the molecule is Cl.Fc1cccc(S)c1. The summed E-state index contributed by atoms with van der Waals surface area (Å²) in [5.41, 5.74) is 0. The molecule has 0 saturated carbocycles. The van der Waals surface area contributed by atoms with Crippen LogP contribution in [0.4, 0.5) is 4.39 Å². The molecular formula is C6H6ClFS. The maximum Gasteiger partial charge on any atom is 0.124 e. The lowest BCUT2D eigenvalue weighted by Gasteiger charge is -1.86. The van der Waals surface area contributed by atoms with Gasteiger partial charge in [-0.3, -0.25) is 0 Å². The lowest BCUT2D eigenvalue weighted by atomic mass is 10.4. The molecule has 0 spiro atoms. The zero-order chi connectivity index (χ0) is 5.98. The number of thiol groups is 1. The molecule has 0 amide bonds. The van der Waals surface area contributed by atoms with Crippen molar-refractivity contribution in [2.24, 2.45) is 0 Å². The normalized spacial score (nSPS) is 8.22. The molecule has 0 saturated heterocycles. The maximum atomic E-state index is 12.1. The lowest BCUT2D eigenvalue weighted by molar-refractivity contribution is 0.624. The Labute approximate surface area is 64.9 Å². The molecule has 0 aromatic heterocycles. The Morgan fingerprint density at radius 1 is 1.33 bits per heavy atom. The van der Waals surface area contributed by atoms with Gasteiger partial charge in [0.1, 0.15) is 5.82 Å². The third-order valence-corrected chi connectivity index (χ3v) is 1.09.